The van der Waals surface area contributed by atoms with Crippen molar-refractivity contribution in [1.29, 1.82) is 0 Å². The van der Waals surface area contributed by atoms with Crippen LogP contribution in [0.5, 0.6) is 0 Å². The van der Waals surface area contributed by atoms with Crippen molar-refractivity contribution in [2.75, 3.05) is 6.61 Å². The average molecular weight is 521 g/mol. The van der Waals surface area contributed by atoms with Crippen molar-refractivity contribution in [3.63, 3.8) is 0 Å². The Morgan fingerprint density at radius 3 is 1.82 bits per heavy atom. The molecule has 5 atom stereocenters. The maximum Gasteiger partial charge on any atom is 0.303 e. The smallest absolute Gasteiger partial charge is 0.303 e. The Balaban J connectivity index is 2.54. The molecule has 0 saturated carbocycles. The fraction of sp³-hybridized carbons (Fsp3) is 0.524. The van der Waals surface area contributed by atoms with Crippen LogP contribution in [0.3, 0.4) is 0 Å². The minimum absolute atomic E-state index is 0.359. The third kappa shape index (κ3) is 7.67. The predicted molar refractivity (Wildman–Crippen MR) is 116 cm³/mol. The molecule has 0 aliphatic carbocycles. The van der Waals surface area contributed by atoms with E-state index in [1.165, 1.54) is 24.3 Å². The van der Waals surface area contributed by atoms with E-state index < -0.39 is 75.9 Å². The van der Waals surface area contributed by atoms with Gasteiger partial charge in [-0.05, 0) is 17.7 Å². The van der Waals surface area contributed by atoms with Crippen molar-refractivity contribution in [2.45, 2.75) is 63.3 Å². The minimum atomic E-state index is -4.25. The van der Waals surface area contributed by atoms with Gasteiger partial charge in [-0.1, -0.05) is 23.7 Å². The van der Waals surface area contributed by atoms with Crippen LogP contribution in [-0.4, -0.2) is 68.8 Å². The van der Waals surface area contributed by atoms with Gasteiger partial charge in [0.15, 0.2) is 33.6 Å². The molecule has 188 valence electrons. The summed E-state index contributed by atoms with van der Waals surface area (Å²) in [5.41, 5.74) is -1.49. The highest BCUT2D eigenvalue weighted by Gasteiger charge is 2.56. The van der Waals surface area contributed by atoms with Crippen molar-refractivity contribution in [1.82, 2.24) is 0 Å². The fourth-order valence-electron chi connectivity index (χ4n) is 3.37. The summed E-state index contributed by atoms with van der Waals surface area (Å²) in [6.45, 7) is 3.73. The number of benzene rings is 1. The molecule has 34 heavy (non-hydrogen) atoms. The van der Waals surface area contributed by atoms with E-state index in [1.54, 1.807) is 0 Å². The number of rotatable bonds is 8. The molecule has 1 saturated heterocycles. The monoisotopic (exact) mass is 520 g/mol. The number of sulfone groups is 1. The Morgan fingerprint density at radius 2 is 1.32 bits per heavy atom. The van der Waals surface area contributed by atoms with E-state index >= 15 is 0 Å². The Bertz CT molecular complexity index is 1020. The second kappa shape index (κ2) is 11.6. The van der Waals surface area contributed by atoms with Crippen LogP contribution in [-0.2, 0) is 58.5 Å². The predicted octanol–water partition coefficient (Wildman–Crippen LogP) is 1.34. The van der Waals surface area contributed by atoms with Crippen molar-refractivity contribution in [2.24, 2.45) is 0 Å². The summed E-state index contributed by atoms with van der Waals surface area (Å²) in [6.07, 6.45) is -6.04. The summed E-state index contributed by atoms with van der Waals surface area (Å²) in [5.74, 6) is -3.82. The molecule has 1 fully saturated rings. The van der Waals surface area contributed by atoms with E-state index in [1.807, 2.05) is 0 Å². The van der Waals surface area contributed by atoms with Crippen LogP contribution in [0.4, 0.5) is 0 Å². The van der Waals surface area contributed by atoms with Gasteiger partial charge in [-0.25, -0.2) is 8.42 Å². The van der Waals surface area contributed by atoms with Crippen molar-refractivity contribution in [3.05, 3.63) is 34.9 Å². The van der Waals surface area contributed by atoms with E-state index in [0.717, 1.165) is 27.7 Å². The van der Waals surface area contributed by atoms with E-state index in [9.17, 15) is 27.6 Å². The molecule has 1 heterocycles. The summed E-state index contributed by atoms with van der Waals surface area (Å²) in [4.78, 5) is 46.8. The number of carbonyl (C=O) groups excluding carboxylic acids is 4. The van der Waals surface area contributed by atoms with Gasteiger partial charge in [0.05, 0.1) is 5.75 Å². The summed E-state index contributed by atoms with van der Waals surface area (Å²) in [6, 6.07) is 5.98. The van der Waals surface area contributed by atoms with Crippen LogP contribution in [0.25, 0.3) is 0 Å². The first-order valence-corrected chi connectivity index (χ1v) is 12.2. The van der Waals surface area contributed by atoms with Crippen LogP contribution in [0, 0.1) is 0 Å². The molecule has 13 heteroatoms. The first-order valence-electron chi connectivity index (χ1n) is 10.1. The van der Waals surface area contributed by atoms with Gasteiger partial charge in [0.25, 0.3) is 0 Å². The zero-order valence-electron chi connectivity index (χ0n) is 18.9. The van der Waals surface area contributed by atoms with Gasteiger partial charge < -0.3 is 23.7 Å². The van der Waals surface area contributed by atoms with E-state index in [0.29, 0.717) is 10.6 Å². The molecule has 1 aromatic carbocycles. The maximum atomic E-state index is 13.4. The average Bonchev–Trinajstić information content (AvgIpc) is 2.70. The molecule has 1 aliphatic heterocycles. The summed E-state index contributed by atoms with van der Waals surface area (Å²) in [7, 11) is -4.25. The maximum absolute atomic E-state index is 13.4. The fourth-order valence-corrected chi connectivity index (χ4v) is 5.25. The van der Waals surface area contributed by atoms with Crippen molar-refractivity contribution in [3.8, 4) is 0 Å². The number of hydrogen-bond acceptors (Lipinski definition) is 11. The standard InChI is InChI=1S/C21H25ClO11S/c1-11(23)29-9-17-18(30-12(2)24)19(31-13(3)25)20(32-14(4)26)21(33-17)34(27,28)10-15-5-7-16(22)8-6-15/h5-8,17-21H,9-10H2,1-4H3/t17-,18-,19+,20+,21-/m1/s1. The zero-order valence-corrected chi connectivity index (χ0v) is 20.5. The molecule has 0 amide bonds. The molecule has 0 spiro atoms. The van der Waals surface area contributed by atoms with Crippen molar-refractivity contribution >= 4 is 45.3 Å². The van der Waals surface area contributed by atoms with Crippen LogP contribution < -0.4 is 0 Å². The number of ether oxygens (including phenoxy) is 5. The van der Waals surface area contributed by atoms with E-state index in [2.05, 4.69) is 0 Å². The Hall–Kier alpha value is -2.70. The molecule has 0 aromatic heterocycles. The Morgan fingerprint density at radius 1 is 0.824 bits per heavy atom. The first kappa shape index (κ1) is 27.5. The number of halogens is 1. The second-order valence-electron chi connectivity index (χ2n) is 7.50. The van der Waals surface area contributed by atoms with E-state index in [4.69, 9.17) is 35.3 Å². The van der Waals surface area contributed by atoms with Crippen LogP contribution in [0.1, 0.15) is 33.3 Å². The van der Waals surface area contributed by atoms with E-state index in [-0.39, 0.29) is 0 Å². The quantitative estimate of drug-likeness (QED) is 0.361. The molecule has 1 aromatic rings. The number of hydrogen-bond donors (Lipinski definition) is 0. The summed E-state index contributed by atoms with van der Waals surface area (Å²) < 4.78 is 53.1. The molecular formula is C21H25ClO11S. The normalized spacial score (nSPS) is 24.6. The van der Waals surface area contributed by atoms with Gasteiger partial charge in [-0.15, -0.1) is 0 Å². The van der Waals surface area contributed by atoms with Crippen LogP contribution >= 0.6 is 11.6 Å². The van der Waals surface area contributed by atoms with Gasteiger partial charge >= 0.3 is 23.9 Å². The molecular weight excluding hydrogens is 496 g/mol. The van der Waals surface area contributed by atoms with Crippen LogP contribution in [0.2, 0.25) is 5.02 Å². The van der Waals surface area contributed by atoms with Gasteiger partial charge in [0, 0.05) is 32.7 Å². The molecule has 0 bridgehead atoms. The lowest BCUT2D eigenvalue weighted by atomic mass is 9.99. The molecule has 11 nitrogen and oxygen atoms in total. The zero-order chi connectivity index (χ0) is 25.6. The summed E-state index contributed by atoms with van der Waals surface area (Å²) >= 11 is 5.85. The highest BCUT2D eigenvalue weighted by molar-refractivity contribution is 7.91. The Labute approximate surface area is 201 Å². The van der Waals surface area contributed by atoms with Gasteiger partial charge in [0.1, 0.15) is 12.7 Å². The lowest BCUT2D eigenvalue weighted by molar-refractivity contribution is -0.238. The lowest BCUT2D eigenvalue weighted by Crippen LogP contribution is -2.64. The van der Waals surface area contributed by atoms with Gasteiger partial charge in [-0.3, -0.25) is 19.2 Å². The molecule has 1 aliphatic rings. The molecule has 0 radical (unpaired) electrons. The first-order chi connectivity index (χ1) is 15.8. The highest BCUT2D eigenvalue weighted by atomic mass is 35.5. The SMILES string of the molecule is CC(=O)OC[C@H]1O[C@H](S(=O)(=O)Cc2ccc(Cl)cc2)[C@@H](OC(C)=O)[C@@H](OC(C)=O)[C@@H]1OC(C)=O. The number of carbonyl (C=O) groups is 4. The largest absolute Gasteiger partial charge is 0.463 e. The van der Waals surface area contributed by atoms with Crippen molar-refractivity contribution < 1.29 is 51.3 Å². The topological polar surface area (TPSA) is 149 Å². The Kier molecular flexibility index (Phi) is 9.42. The highest BCUT2D eigenvalue weighted by Crippen LogP contribution is 2.33. The van der Waals surface area contributed by atoms with Gasteiger partial charge in [0.2, 0.25) is 0 Å². The summed E-state index contributed by atoms with van der Waals surface area (Å²) in [5, 5.41) is 0.397. The van der Waals surface area contributed by atoms with Gasteiger partial charge in [-0.2, -0.15) is 0 Å². The second-order valence-corrected chi connectivity index (χ2v) is 10.0. The number of esters is 4. The third-order valence-corrected chi connectivity index (χ3v) is 6.66. The molecule has 2 rings (SSSR count). The third-order valence-electron chi connectivity index (χ3n) is 4.58. The minimum Gasteiger partial charge on any atom is -0.463 e. The lowest BCUT2D eigenvalue weighted by Gasteiger charge is -2.43. The molecule has 0 unspecified atom stereocenters. The van der Waals surface area contributed by atoms with Crippen LogP contribution in [0.15, 0.2) is 24.3 Å². The molecule has 0 N–H and O–H groups in total.